The summed E-state index contributed by atoms with van der Waals surface area (Å²) in [7, 11) is 1.49. The third-order valence-electron chi connectivity index (χ3n) is 4.61. The van der Waals surface area contributed by atoms with Crippen molar-refractivity contribution in [1.82, 2.24) is 9.13 Å². The molecule has 0 fully saturated rings. The maximum Gasteiger partial charge on any atom is 0.374 e. The molecule has 0 aliphatic carbocycles. The molecule has 0 unspecified atom stereocenters. The first-order chi connectivity index (χ1) is 14.0. The summed E-state index contributed by atoms with van der Waals surface area (Å²) in [6.07, 6.45) is 0. The Balaban J connectivity index is 1.67. The van der Waals surface area contributed by atoms with E-state index in [1.165, 1.54) is 17.7 Å². The maximum absolute atomic E-state index is 12.9. The molecule has 4 rings (SSSR count). The van der Waals surface area contributed by atoms with E-state index in [9.17, 15) is 14.4 Å². The molecule has 0 amide bonds. The Labute approximate surface area is 165 Å². The molecule has 0 saturated heterocycles. The quantitative estimate of drug-likeness (QED) is 0.489. The summed E-state index contributed by atoms with van der Waals surface area (Å²) in [6.45, 7) is 0.204. The number of nitrogens with zero attached hydrogens (tertiary/aromatic N) is 2. The molecule has 0 N–H and O–H groups in total. The fraction of sp³-hybridized carbons (Fsp3) is 0.136. The summed E-state index contributed by atoms with van der Waals surface area (Å²) in [5, 5.41) is 0.148. The fourth-order valence-corrected chi connectivity index (χ4v) is 3.08. The lowest BCUT2D eigenvalue weighted by atomic mass is 10.2. The van der Waals surface area contributed by atoms with Crippen LogP contribution in [0.2, 0.25) is 0 Å². The third kappa shape index (κ3) is 3.62. The normalized spacial score (nSPS) is 10.9. The second-order valence-corrected chi connectivity index (χ2v) is 6.61. The van der Waals surface area contributed by atoms with E-state index in [1.807, 2.05) is 60.7 Å². The molecular weight excluding hydrogens is 372 g/mol. The van der Waals surface area contributed by atoms with Crippen molar-refractivity contribution < 1.29 is 13.9 Å². The number of carbonyl (C=O) groups excluding carboxylic acids is 1. The molecule has 0 spiro atoms. The van der Waals surface area contributed by atoms with Crippen LogP contribution in [0.1, 0.15) is 21.7 Å². The molecule has 146 valence electrons. The molecule has 0 bridgehead atoms. The predicted octanol–water partition coefficient (Wildman–Crippen LogP) is 2.70. The van der Waals surface area contributed by atoms with E-state index in [0.29, 0.717) is 0 Å². The van der Waals surface area contributed by atoms with Crippen LogP contribution >= 0.6 is 0 Å². The molecule has 7 nitrogen and oxygen atoms in total. The van der Waals surface area contributed by atoms with Crippen LogP contribution in [0.25, 0.3) is 11.1 Å². The van der Waals surface area contributed by atoms with E-state index in [0.717, 1.165) is 15.7 Å². The zero-order valence-corrected chi connectivity index (χ0v) is 15.7. The predicted molar refractivity (Wildman–Crippen MR) is 107 cm³/mol. The number of furan rings is 1. The summed E-state index contributed by atoms with van der Waals surface area (Å²) in [5.41, 5.74) is 0.644. The Morgan fingerprint density at radius 3 is 2.24 bits per heavy atom. The van der Waals surface area contributed by atoms with Crippen molar-refractivity contribution >= 4 is 17.1 Å². The van der Waals surface area contributed by atoms with E-state index in [4.69, 9.17) is 9.15 Å². The van der Waals surface area contributed by atoms with Gasteiger partial charge in [0, 0.05) is 13.1 Å². The first-order valence-electron chi connectivity index (χ1n) is 9.03. The lowest BCUT2D eigenvalue weighted by Crippen LogP contribution is -2.38. The summed E-state index contributed by atoms with van der Waals surface area (Å²) in [6, 6.07) is 19.7. The summed E-state index contributed by atoms with van der Waals surface area (Å²) in [4.78, 5) is 37.9. The van der Waals surface area contributed by atoms with Crippen LogP contribution in [-0.4, -0.2) is 15.1 Å². The van der Waals surface area contributed by atoms with E-state index >= 15 is 0 Å². The minimum absolute atomic E-state index is 0.0379. The summed E-state index contributed by atoms with van der Waals surface area (Å²) >= 11 is 0. The lowest BCUT2D eigenvalue weighted by molar-refractivity contribution is 0.0438. The molecule has 0 saturated carbocycles. The van der Waals surface area contributed by atoms with Gasteiger partial charge in [-0.05, 0) is 11.1 Å². The van der Waals surface area contributed by atoms with Crippen LogP contribution in [0.4, 0.5) is 0 Å². The van der Waals surface area contributed by atoms with Crippen LogP contribution in [0.5, 0.6) is 0 Å². The van der Waals surface area contributed by atoms with Crippen molar-refractivity contribution in [1.29, 1.82) is 0 Å². The Morgan fingerprint density at radius 1 is 0.966 bits per heavy atom. The molecule has 2 aromatic heterocycles. The van der Waals surface area contributed by atoms with Gasteiger partial charge in [0.05, 0.1) is 6.54 Å². The van der Waals surface area contributed by atoms with Gasteiger partial charge in [0.15, 0.2) is 0 Å². The van der Waals surface area contributed by atoms with Gasteiger partial charge in [-0.3, -0.25) is 13.9 Å². The third-order valence-corrected chi connectivity index (χ3v) is 4.61. The number of benzene rings is 2. The number of ether oxygens (including phenoxy) is 1. The molecule has 0 atom stereocenters. The first-order valence-corrected chi connectivity index (χ1v) is 9.03. The minimum Gasteiger partial charge on any atom is -0.455 e. The van der Waals surface area contributed by atoms with Gasteiger partial charge >= 0.3 is 11.7 Å². The van der Waals surface area contributed by atoms with Gasteiger partial charge in [0.2, 0.25) is 11.5 Å². The van der Waals surface area contributed by atoms with Crippen LogP contribution in [-0.2, 0) is 24.9 Å². The minimum atomic E-state index is -0.702. The molecule has 0 aliphatic heterocycles. The number of hydrogen-bond donors (Lipinski definition) is 0. The van der Waals surface area contributed by atoms with Gasteiger partial charge in [0.1, 0.15) is 12.0 Å². The Morgan fingerprint density at radius 2 is 1.59 bits per heavy atom. The SMILES string of the molecule is Cn1c(=O)n(Cc2ccccc2)c(=O)c2cc(C(=O)OCc3ccccc3)oc21. The van der Waals surface area contributed by atoms with Gasteiger partial charge in [-0.25, -0.2) is 9.59 Å². The summed E-state index contributed by atoms with van der Waals surface area (Å²) in [5.74, 6) is -0.827. The van der Waals surface area contributed by atoms with Crippen LogP contribution in [0, 0.1) is 0 Å². The number of fused-ring (bicyclic) bond motifs is 1. The molecular formula is C22H18N2O5. The zero-order chi connectivity index (χ0) is 20.4. The van der Waals surface area contributed by atoms with Gasteiger partial charge in [-0.15, -0.1) is 0 Å². The highest BCUT2D eigenvalue weighted by Gasteiger charge is 2.20. The van der Waals surface area contributed by atoms with Crippen molar-refractivity contribution in [2.45, 2.75) is 13.2 Å². The van der Waals surface area contributed by atoms with Crippen LogP contribution in [0.15, 0.2) is 80.7 Å². The molecule has 2 heterocycles. The van der Waals surface area contributed by atoms with E-state index in [2.05, 4.69) is 0 Å². The van der Waals surface area contributed by atoms with Crippen molar-refractivity contribution in [2.24, 2.45) is 7.05 Å². The maximum atomic E-state index is 12.9. The highest BCUT2D eigenvalue weighted by Crippen LogP contribution is 2.16. The van der Waals surface area contributed by atoms with Gasteiger partial charge in [0.25, 0.3) is 5.56 Å². The number of esters is 1. The molecule has 7 heteroatoms. The van der Waals surface area contributed by atoms with Crippen molar-refractivity contribution in [3.63, 3.8) is 0 Å². The number of hydrogen-bond acceptors (Lipinski definition) is 5. The monoisotopic (exact) mass is 390 g/mol. The smallest absolute Gasteiger partial charge is 0.374 e. The Kier molecular flexibility index (Phi) is 4.87. The van der Waals surface area contributed by atoms with Crippen molar-refractivity contribution in [3.8, 4) is 0 Å². The molecule has 4 aromatic rings. The van der Waals surface area contributed by atoms with E-state index in [1.54, 1.807) is 0 Å². The standard InChI is InChI=1S/C22H18N2O5/c1-23-20-17(19(25)24(22(23)27)13-15-8-4-2-5-9-15)12-18(29-20)21(26)28-14-16-10-6-3-7-11-16/h2-12H,13-14H2,1H3. The molecule has 0 aliphatic rings. The van der Waals surface area contributed by atoms with Gasteiger partial charge < -0.3 is 9.15 Å². The Hall–Kier alpha value is -3.87. The van der Waals surface area contributed by atoms with Crippen molar-refractivity contribution in [3.05, 3.63) is 104 Å². The fourth-order valence-electron chi connectivity index (χ4n) is 3.08. The average Bonchev–Trinajstić information content (AvgIpc) is 3.21. The molecule has 0 radical (unpaired) electrons. The number of carbonyl (C=O) groups is 1. The second kappa shape index (κ2) is 7.63. The highest BCUT2D eigenvalue weighted by atomic mass is 16.5. The number of aromatic nitrogens is 2. The Bertz CT molecular complexity index is 1280. The number of rotatable bonds is 5. The van der Waals surface area contributed by atoms with Crippen LogP contribution in [0.3, 0.4) is 0 Å². The largest absolute Gasteiger partial charge is 0.455 e. The topological polar surface area (TPSA) is 83.4 Å². The first kappa shape index (κ1) is 18.5. The van der Waals surface area contributed by atoms with Gasteiger partial charge in [-0.1, -0.05) is 60.7 Å². The second-order valence-electron chi connectivity index (χ2n) is 6.61. The van der Waals surface area contributed by atoms with Crippen molar-refractivity contribution in [2.75, 3.05) is 0 Å². The highest BCUT2D eigenvalue weighted by molar-refractivity contribution is 5.91. The average molecular weight is 390 g/mol. The number of aryl methyl sites for hydroxylation is 1. The van der Waals surface area contributed by atoms with E-state index in [-0.39, 0.29) is 30.0 Å². The lowest BCUT2D eigenvalue weighted by Gasteiger charge is -2.07. The molecule has 2 aromatic carbocycles. The summed E-state index contributed by atoms with van der Waals surface area (Å²) < 4.78 is 13.1. The van der Waals surface area contributed by atoms with Gasteiger partial charge in [-0.2, -0.15) is 0 Å². The van der Waals surface area contributed by atoms with E-state index < -0.39 is 17.2 Å². The zero-order valence-electron chi connectivity index (χ0n) is 15.7. The van der Waals surface area contributed by atoms with Crippen LogP contribution < -0.4 is 11.2 Å². The molecule has 29 heavy (non-hydrogen) atoms.